The average molecular weight is 213 g/mol. The molecule has 0 aromatic carbocycles. The van der Waals surface area contributed by atoms with Gasteiger partial charge in [0.1, 0.15) is 0 Å². The lowest BCUT2D eigenvalue weighted by molar-refractivity contribution is -0.137. The topological polar surface area (TPSA) is 58.6 Å². The summed E-state index contributed by atoms with van der Waals surface area (Å²) in [6.07, 6.45) is 2.80. The SMILES string of the molecule is CC1(C(=O)NC2CC(O)C2)CCOCC1. The summed E-state index contributed by atoms with van der Waals surface area (Å²) in [5.74, 6) is 0.128. The number of nitrogens with one attached hydrogen (secondary N) is 1. The molecule has 1 saturated heterocycles. The quantitative estimate of drug-likeness (QED) is 0.700. The van der Waals surface area contributed by atoms with Crippen molar-refractivity contribution in [3.63, 3.8) is 0 Å². The van der Waals surface area contributed by atoms with Crippen LogP contribution in [0.1, 0.15) is 32.6 Å². The fourth-order valence-electron chi connectivity index (χ4n) is 2.11. The molecule has 4 nitrogen and oxygen atoms in total. The Kier molecular flexibility index (Phi) is 2.98. The van der Waals surface area contributed by atoms with Crippen LogP contribution in [0.4, 0.5) is 0 Å². The highest BCUT2D eigenvalue weighted by Crippen LogP contribution is 2.31. The molecule has 0 atom stereocenters. The van der Waals surface area contributed by atoms with E-state index in [9.17, 15) is 4.79 Å². The molecule has 0 unspecified atom stereocenters. The van der Waals surface area contributed by atoms with E-state index >= 15 is 0 Å². The minimum atomic E-state index is -0.265. The third-order valence-electron chi connectivity index (χ3n) is 3.59. The van der Waals surface area contributed by atoms with E-state index in [4.69, 9.17) is 9.84 Å². The second-order valence-electron chi connectivity index (χ2n) is 4.97. The van der Waals surface area contributed by atoms with Crippen LogP contribution in [0.2, 0.25) is 0 Å². The minimum absolute atomic E-state index is 0.128. The van der Waals surface area contributed by atoms with Gasteiger partial charge in [0.05, 0.1) is 11.5 Å². The molecule has 0 radical (unpaired) electrons. The molecule has 1 aliphatic carbocycles. The molecule has 0 bridgehead atoms. The number of carbonyl (C=O) groups excluding carboxylic acids is 1. The Labute approximate surface area is 90.0 Å². The largest absolute Gasteiger partial charge is 0.393 e. The van der Waals surface area contributed by atoms with Gasteiger partial charge < -0.3 is 15.2 Å². The van der Waals surface area contributed by atoms with Crippen LogP contribution >= 0.6 is 0 Å². The van der Waals surface area contributed by atoms with E-state index in [1.54, 1.807) is 0 Å². The fourth-order valence-corrected chi connectivity index (χ4v) is 2.11. The molecule has 86 valence electrons. The fraction of sp³-hybridized carbons (Fsp3) is 0.909. The number of hydrogen-bond acceptors (Lipinski definition) is 3. The highest BCUT2D eigenvalue weighted by atomic mass is 16.5. The van der Waals surface area contributed by atoms with Crippen molar-refractivity contribution >= 4 is 5.91 Å². The summed E-state index contributed by atoms with van der Waals surface area (Å²) in [5.41, 5.74) is -0.265. The second kappa shape index (κ2) is 4.10. The van der Waals surface area contributed by atoms with Crippen molar-refractivity contribution in [2.45, 2.75) is 44.8 Å². The molecule has 0 spiro atoms. The Morgan fingerprint density at radius 1 is 1.40 bits per heavy atom. The highest BCUT2D eigenvalue weighted by molar-refractivity contribution is 5.82. The summed E-state index contributed by atoms with van der Waals surface area (Å²) in [4.78, 5) is 12.0. The van der Waals surface area contributed by atoms with Gasteiger partial charge >= 0.3 is 0 Å². The molecule has 2 aliphatic rings. The molecule has 0 aromatic heterocycles. The standard InChI is InChI=1S/C11H19NO3/c1-11(2-4-15-5-3-11)10(14)12-8-6-9(13)7-8/h8-9,13H,2-7H2,1H3,(H,12,14). The summed E-state index contributed by atoms with van der Waals surface area (Å²) in [5, 5.41) is 12.1. The molecule has 2 fully saturated rings. The first-order chi connectivity index (χ1) is 7.10. The van der Waals surface area contributed by atoms with Gasteiger partial charge in [-0.05, 0) is 25.7 Å². The molecule has 1 aliphatic heterocycles. The summed E-state index contributed by atoms with van der Waals surface area (Å²) in [6.45, 7) is 3.36. The number of hydrogen-bond donors (Lipinski definition) is 2. The lowest BCUT2D eigenvalue weighted by Crippen LogP contribution is -2.52. The molecule has 0 aromatic rings. The van der Waals surface area contributed by atoms with Crippen LogP contribution in [-0.4, -0.2) is 36.4 Å². The summed E-state index contributed by atoms with van der Waals surface area (Å²) >= 11 is 0. The van der Waals surface area contributed by atoms with Gasteiger partial charge in [-0.15, -0.1) is 0 Å². The van der Waals surface area contributed by atoms with Gasteiger partial charge in [-0.2, -0.15) is 0 Å². The molecule has 1 heterocycles. The third-order valence-corrected chi connectivity index (χ3v) is 3.59. The van der Waals surface area contributed by atoms with Crippen LogP contribution in [-0.2, 0) is 9.53 Å². The van der Waals surface area contributed by atoms with Gasteiger partial charge in [0.2, 0.25) is 5.91 Å². The van der Waals surface area contributed by atoms with Crippen molar-refractivity contribution in [1.29, 1.82) is 0 Å². The van der Waals surface area contributed by atoms with Crippen LogP contribution in [0.5, 0.6) is 0 Å². The summed E-state index contributed by atoms with van der Waals surface area (Å²) < 4.78 is 5.26. The van der Waals surface area contributed by atoms with E-state index in [2.05, 4.69) is 5.32 Å². The van der Waals surface area contributed by atoms with E-state index < -0.39 is 0 Å². The van der Waals surface area contributed by atoms with Crippen molar-refractivity contribution in [3.8, 4) is 0 Å². The number of rotatable bonds is 2. The van der Waals surface area contributed by atoms with Crippen molar-refractivity contribution < 1.29 is 14.6 Å². The van der Waals surface area contributed by atoms with Gasteiger partial charge in [-0.3, -0.25) is 4.79 Å². The molecule has 15 heavy (non-hydrogen) atoms. The first kappa shape index (κ1) is 10.9. The van der Waals surface area contributed by atoms with E-state index in [1.807, 2.05) is 6.92 Å². The molecule has 1 saturated carbocycles. The van der Waals surface area contributed by atoms with E-state index in [1.165, 1.54) is 0 Å². The normalized spacial score (nSPS) is 34.3. The highest BCUT2D eigenvalue weighted by Gasteiger charge is 2.38. The number of carbonyl (C=O) groups is 1. The maximum absolute atomic E-state index is 12.0. The predicted molar refractivity (Wildman–Crippen MR) is 55.3 cm³/mol. The Balaban J connectivity index is 1.83. The van der Waals surface area contributed by atoms with Crippen LogP contribution in [0, 0.1) is 5.41 Å². The Morgan fingerprint density at radius 3 is 2.53 bits per heavy atom. The van der Waals surface area contributed by atoms with Crippen LogP contribution in [0.3, 0.4) is 0 Å². The van der Waals surface area contributed by atoms with Gasteiger partial charge in [-0.1, -0.05) is 6.92 Å². The lowest BCUT2D eigenvalue weighted by Gasteiger charge is -2.37. The van der Waals surface area contributed by atoms with Crippen molar-refractivity contribution in [3.05, 3.63) is 0 Å². The number of aliphatic hydroxyl groups is 1. The Morgan fingerprint density at radius 2 is 2.00 bits per heavy atom. The molecule has 1 amide bonds. The van der Waals surface area contributed by atoms with Crippen LogP contribution in [0.25, 0.3) is 0 Å². The monoisotopic (exact) mass is 213 g/mol. The smallest absolute Gasteiger partial charge is 0.226 e. The average Bonchev–Trinajstić information content (AvgIpc) is 2.16. The van der Waals surface area contributed by atoms with E-state index in [0.29, 0.717) is 26.1 Å². The number of amides is 1. The molecule has 2 rings (SSSR count). The minimum Gasteiger partial charge on any atom is -0.393 e. The first-order valence-corrected chi connectivity index (χ1v) is 5.67. The van der Waals surface area contributed by atoms with Crippen molar-refractivity contribution in [2.24, 2.45) is 5.41 Å². The molecule has 4 heteroatoms. The third kappa shape index (κ3) is 2.32. The molecular weight excluding hydrogens is 194 g/mol. The number of aliphatic hydroxyl groups excluding tert-OH is 1. The van der Waals surface area contributed by atoms with Gasteiger partial charge in [-0.25, -0.2) is 0 Å². The lowest BCUT2D eigenvalue weighted by atomic mass is 9.80. The number of ether oxygens (including phenoxy) is 1. The zero-order chi connectivity index (χ0) is 10.9. The predicted octanol–water partition coefficient (Wildman–Crippen LogP) is 0.443. The Hall–Kier alpha value is -0.610. The van der Waals surface area contributed by atoms with Crippen molar-refractivity contribution in [1.82, 2.24) is 5.32 Å². The van der Waals surface area contributed by atoms with Gasteiger partial charge in [0.25, 0.3) is 0 Å². The van der Waals surface area contributed by atoms with Gasteiger partial charge in [0.15, 0.2) is 0 Å². The molecule has 2 N–H and O–H groups in total. The summed E-state index contributed by atoms with van der Waals surface area (Å²) in [6, 6.07) is 0.187. The summed E-state index contributed by atoms with van der Waals surface area (Å²) in [7, 11) is 0. The first-order valence-electron chi connectivity index (χ1n) is 5.67. The maximum atomic E-state index is 12.0. The van der Waals surface area contributed by atoms with Crippen LogP contribution in [0.15, 0.2) is 0 Å². The van der Waals surface area contributed by atoms with Crippen LogP contribution < -0.4 is 5.32 Å². The molecular formula is C11H19NO3. The van der Waals surface area contributed by atoms with E-state index in [-0.39, 0.29) is 23.5 Å². The zero-order valence-electron chi connectivity index (χ0n) is 9.16. The van der Waals surface area contributed by atoms with Gasteiger partial charge in [0, 0.05) is 19.3 Å². The Bertz CT molecular complexity index is 242. The van der Waals surface area contributed by atoms with Crippen molar-refractivity contribution in [2.75, 3.05) is 13.2 Å². The maximum Gasteiger partial charge on any atom is 0.226 e. The van der Waals surface area contributed by atoms with E-state index in [0.717, 1.165) is 12.8 Å². The zero-order valence-corrected chi connectivity index (χ0v) is 9.16. The second-order valence-corrected chi connectivity index (χ2v) is 4.97.